The third kappa shape index (κ3) is 5.34. The van der Waals surface area contributed by atoms with Gasteiger partial charge in [-0.15, -0.1) is 0 Å². The number of hydrogen-bond acceptors (Lipinski definition) is 3. The Morgan fingerprint density at radius 3 is 2.90 bits per heavy atom. The van der Waals surface area contributed by atoms with Gasteiger partial charge in [-0.25, -0.2) is 9.37 Å². The van der Waals surface area contributed by atoms with E-state index in [-0.39, 0.29) is 5.56 Å². The number of amides is 1. The van der Waals surface area contributed by atoms with Gasteiger partial charge in [0.15, 0.2) is 5.96 Å². The molecular formula is C21H29FN6O. The Labute approximate surface area is 171 Å². The molecule has 1 amide bonds. The van der Waals surface area contributed by atoms with Crippen molar-refractivity contribution in [2.24, 2.45) is 10.9 Å². The lowest BCUT2D eigenvalue weighted by atomic mass is 9.93. The molecular weight excluding hydrogens is 371 g/mol. The summed E-state index contributed by atoms with van der Waals surface area (Å²) >= 11 is 0. The van der Waals surface area contributed by atoms with E-state index in [1.807, 2.05) is 25.6 Å². The smallest absolute Gasteiger partial charge is 0.254 e. The number of nitrogens with one attached hydrogen (secondary N) is 2. The lowest BCUT2D eigenvalue weighted by molar-refractivity contribution is 0.0950. The minimum absolute atomic E-state index is 0.0524. The number of piperidine rings is 1. The van der Waals surface area contributed by atoms with Crippen molar-refractivity contribution in [3.05, 3.63) is 54.4 Å². The largest absolute Gasteiger partial charge is 0.357 e. The second kappa shape index (κ2) is 10.0. The van der Waals surface area contributed by atoms with Crippen molar-refractivity contribution in [2.75, 3.05) is 32.7 Å². The van der Waals surface area contributed by atoms with Crippen LogP contribution in [0.4, 0.5) is 4.39 Å². The molecule has 2 heterocycles. The summed E-state index contributed by atoms with van der Waals surface area (Å²) in [5.41, 5.74) is 0.0524. The molecule has 156 valence electrons. The predicted molar refractivity (Wildman–Crippen MR) is 111 cm³/mol. The number of halogens is 1. The zero-order valence-corrected chi connectivity index (χ0v) is 17.0. The molecule has 0 saturated carbocycles. The van der Waals surface area contributed by atoms with Crippen LogP contribution in [0.25, 0.3) is 0 Å². The fourth-order valence-electron chi connectivity index (χ4n) is 3.59. The molecule has 1 fully saturated rings. The van der Waals surface area contributed by atoms with E-state index in [2.05, 4.69) is 37.0 Å². The van der Waals surface area contributed by atoms with Crippen molar-refractivity contribution < 1.29 is 9.18 Å². The summed E-state index contributed by atoms with van der Waals surface area (Å²) in [5, 5.41) is 6.07. The summed E-state index contributed by atoms with van der Waals surface area (Å²) in [7, 11) is 0. The molecule has 7 nitrogen and oxygen atoms in total. The van der Waals surface area contributed by atoms with Crippen LogP contribution in [-0.2, 0) is 0 Å². The maximum absolute atomic E-state index is 13.7. The zero-order chi connectivity index (χ0) is 20.6. The van der Waals surface area contributed by atoms with Crippen LogP contribution in [0.2, 0.25) is 0 Å². The molecule has 0 bridgehead atoms. The standard InChI is InChI=1S/C21H29FN6O/c1-3-24-21(26-10-9-25-20(29)17-6-4-5-7-18(17)22)27-12-8-16(2)19(14-27)28-13-11-23-15-28/h4-7,11,13,15-16,19H,3,8-10,12,14H2,1-2H3,(H,24,26)(H,25,29). The molecule has 1 aliphatic rings. The van der Waals surface area contributed by atoms with Gasteiger partial charge >= 0.3 is 0 Å². The highest BCUT2D eigenvalue weighted by Crippen LogP contribution is 2.27. The predicted octanol–water partition coefficient (Wildman–Crippen LogP) is 2.30. The highest BCUT2D eigenvalue weighted by molar-refractivity contribution is 5.94. The maximum atomic E-state index is 13.7. The first-order chi connectivity index (χ1) is 14.1. The lowest BCUT2D eigenvalue weighted by Crippen LogP contribution is -2.49. The Kier molecular flexibility index (Phi) is 7.21. The van der Waals surface area contributed by atoms with Gasteiger partial charge in [0, 0.05) is 38.6 Å². The Hall–Kier alpha value is -2.90. The van der Waals surface area contributed by atoms with E-state index >= 15 is 0 Å². The molecule has 1 aliphatic heterocycles. The number of carbonyl (C=O) groups is 1. The van der Waals surface area contributed by atoms with Crippen LogP contribution in [0, 0.1) is 11.7 Å². The van der Waals surface area contributed by atoms with Crippen LogP contribution in [0.3, 0.4) is 0 Å². The van der Waals surface area contributed by atoms with Gasteiger partial charge in [0.25, 0.3) is 5.91 Å². The minimum Gasteiger partial charge on any atom is -0.357 e. The molecule has 0 spiro atoms. The van der Waals surface area contributed by atoms with E-state index in [4.69, 9.17) is 0 Å². The van der Waals surface area contributed by atoms with Crippen LogP contribution in [0.5, 0.6) is 0 Å². The van der Waals surface area contributed by atoms with Crippen LogP contribution >= 0.6 is 0 Å². The first kappa shape index (κ1) is 20.8. The van der Waals surface area contributed by atoms with Crippen LogP contribution in [0.15, 0.2) is 48.0 Å². The molecule has 2 atom stereocenters. The summed E-state index contributed by atoms with van der Waals surface area (Å²) in [6, 6.07) is 6.31. The number of aromatic nitrogens is 2. The van der Waals surface area contributed by atoms with E-state index < -0.39 is 11.7 Å². The topological polar surface area (TPSA) is 74.6 Å². The van der Waals surface area contributed by atoms with Gasteiger partial charge in [0.05, 0.1) is 24.5 Å². The highest BCUT2D eigenvalue weighted by Gasteiger charge is 2.28. The third-order valence-electron chi connectivity index (χ3n) is 5.24. The Balaban J connectivity index is 1.58. The normalized spacial score (nSPS) is 19.8. The van der Waals surface area contributed by atoms with Gasteiger partial charge in [0.2, 0.25) is 0 Å². The quantitative estimate of drug-likeness (QED) is 0.443. The fraction of sp³-hybridized carbons (Fsp3) is 0.476. The molecule has 1 aromatic heterocycles. The highest BCUT2D eigenvalue weighted by atomic mass is 19.1. The second-order valence-electron chi connectivity index (χ2n) is 7.26. The molecule has 1 aromatic carbocycles. The Morgan fingerprint density at radius 2 is 2.17 bits per heavy atom. The molecule has 29 heavy (non-hydrogen) atoms. The Bertz CT molecular complexity index is 822. The van der Waals surface area contributed by atoms with E-state index in [0.29, 0.717) is 25.0 Å². The zero-order valence-electron chi connectivity index (χ0n) is 17.0. The van der Waals surface area contributed by atoms with Gasteiger partial charge in [-0.05, 0) is 31.4 Å². The number of nitrogens with zero attached hydrogens (tertiary/aromatic N) is 4. The summed E-state index contributed by atoms with van der Waals surface area (Å²) in [4.78, 5) is 23.2. The van der Waals surface area contributed by atoms with E-state index in [0.717, 1.165) is 32.0 Å². The average molecular weight is 401 g/mol. The summed E-state index contributed by atoms with van der Waals surface area (Å²) in [6.07, 6.45) is 6.75. The van der Waals surface area contributed by atoms with Crippen molar-refractivity contribution in [3.8, 4) is 0 Å². The number of rotatable bonds is 6. The average Bonchev–Trinajstić information content (AvgIpc) is 3.25. The summed E-state index contributed by atoms with van der Waals surface area (Å²) in [5.74, 6) is 0.457. The fourth-order valence-corrected chi connectivity index (χ4v) is 3.59. The number of hydrogen-bond donors (Lipinski definition) is 2. The minimum atomic E-state index is -0.519. The van der Waals surface area contributed by atoms with Crippen molar-refractivity contribution in [1.29, 1.82) is 0 Å². The van der Waals surface area contributed by atoms with Gasteiger partial charge in [0.1, 0.15) is 5.82 Å². The van der Waals surface area contributed by atoms with Crippen molar-refractivity contribution in [1.82, 2.24) is 25.1 Å². The Morgan fingerprint density at radius 1 is 1.34 bits per heavy atom. The number of imidazole rings is 1. The number of guanidine groups is 1. The molecule has 3 rings (SSSR count). The van der Waals surface area contributed by atoms with Crippen LogP contribution in [0.1, 0.15) is 36.7 Å². The second-order valence-corrected chi connectivity index (χ2v) is 7.26. The van der Waals surface area contributed by atoms with Crippen molar-refractivity contribution in [2.45, 2.75) is 26.3 Å². The van der Waals surface area contributed by atoms with Crippen molar-refractivity contribution >= 4 is 11.9 Å². The molecule has 2 N–H and O–H groups in total. The van der Waals surface area contributed by atoms with E-state index in [9.17, 15) is 9.18 Å². The molecule has 2 unspecified atom stereocenters. The maximum Gasteiger partial charge on any atom is 0.254 e. The monoisotopic (exact) mass is 400 g/mol. The third-order valence-corrected chi connectivity index (χ3v) is 5.24. The summed E-state index contributed by atoms with van der Waals surface area (Å²) in [6.45, 7) is 7.62. The molecule has 8 heteroatoms. The van der Waals surface area contributed by atoms with Crippen LogP contribution < -0.4 is 10.6 Å². The molecule has 0 aliphatic carbocycles. The molecule has 0 radical (unpaired) electrons. The SMILES string of the molecule is CCNC(=NCCNC(=O)c1ccccc1F)N1CCC(C)C(n2ccnc2)C1. The number of benzene rings is 1. The van der Waals surface area contributed by atoms with Gasteiger partial charge in [-0.3, -0.25) is 9.79 Å². The molecule has 1 saturated heterocycles. The van der Waals surface area contributed by atoms with E-state index in [1.54, 1.807) is 12.1 Å². The number of likely N-dealkylation sites (tertiary alicyclic amines) is 1. The molecule has 2 aromatic rings. The lowest BCUT2D eigenvalue weighted by Gasteiger charge is -2.39. The van der Waals surface area contributed by atoms with Crippen LogP contribution in [-0.4, -0.2) is 59.0 Å². The van der Waals surface area contributed by atoms with Gasteiger partial charge in [-0.2, -0.15) is 0 Å². The first-order valence-electron chi connectivity index (χ1n) is 10.1. The number of aliphatic imine (C=N–C) groups is 1. The number of carbonyl (C=O) groups excluding carboxylic acids is 1. The first-order valence-corrected chi connectivity index (χ1v) is 10.1. The van der Waals surface area contributed by atoms with E-state index in [1.165, 1.54) is 12.1 Å². The van der Waals surface area contributed by atoms with Gasteiger partial charge in [-0.1, -0.05) is 19.1 Å². The van der Waals surface area contributed by atoms with Gasteiger partial charge < -0.3 is 20.1 Å². The summed E-state index contributed by atoms with van der Waals surface area (Å²) < 4.78 is 15.9. The van der Waals surface area contributed by atoms with Crippen molar-refractivity contribution in [3.63, 3.8) is 0 Å².